The first-order valence-corrected chi connectivity index (χ1v) is 6.21. The van der Waals surface area contributed by atoms with Crippen LogP contribution in [0, 0.1) is 5.82 Å². The molecule has 18 heavy (non-hydrogen) atoms. The number of carbonyl (C=O) groups excluding carboxylic acids is 1. The molecule has 0 aliphatic carbocycles. The normalized spacial score (nSPS) is 11.2. The fourth-order valence-electron chi connectivity index (χ4n) is 1.35. The molecule has 0 atom stereocenters. The van der Waals surface area contributed by atoms with Gasteiger partial charge >= 0.3 is 0 Å². The summed E-state index contributed by atoms with van der Waals surface area (Å²) in [5.74, 6) is -0.568. The van der Waals surface area contributed by atoms with Crippen LogP contribution < -0.4 is 10.6 Å². The van der Waals surface area contributed by atoms with Crippen LogP contribution in [0.3, 0.4) is 0 Å². The highest BCUT2D eigenvalue weighted by Crippen LogP contribution is 2.17. The first-order valence-electron chi connectivity index (χ1n) is 5.83. The number of amides is 1. The Morgan fingerprint density at radius 3 is 2.61 bits per heavy atom. The van der Waals surface area contributed by atoms with E-state index in [-0.39, 0.29) is 18.0 Å². The van der Waals surface area contributed by atoms with Crippen LogP contribution in [-0.4, -0.2) is 18.0 Å². The lowest BCUT2D eigenvalue weighted by atomic mass is 10.0. The summed E-state index contributed by atoms with van der Waals surface area (Å²) in [5, 5.41) is 6.01. The molecule has 0 aromatic heterocycles. The van der Waals surface area contributed by atoms with Crippen molar-refractivity contribution in [3.8, 4) is 0 Å². The molecule has 0 spiro atoms. The van der Waals surface area contributed by atoms with E-state index in [1.54, 1.807) is 6.07 Å². The van der Waals surface area contributed by atoms with Gasteiger partial charge in [0.05, 0.1) is 6.54 Å². The van der Waals surface area contributed by atoms with E-state index in [2.05, 4.69) is 10.6 Å². The summed E-state index contributed by atoms with van der Waals surface area (Å²) in [6, 6.07) is 4.08. The average molecular weight is 273 g/mol. The van der Waals surface area contributed by atoms with Crippen molar-refractivity contribution in [2.45, 2.75) is 32.7 Å². The standard InChI is InChI=1S/C13H18ClFN2O/c1-4-13(2,3)17-12(18)8-16-11-6-9(14)5-10(15)7-11/h5-7,16H,4,8H2,1-3H3,(H,17,18). The number of carbonyl (C=O) groups is 1. The van der Waals surface area contributed by atoms with Crippen LogP contribution >= 0.6 is 11.6 Å². The van der Waals surface area contributed by atoms with Crippen molar-refractivity contribution < 1.29 is 9.18 Å². The second-order valence-corrected chi connectivity index (χ2v) is 5.23. The molecule has 100 valence electrons. The number of anilines is 1. The molecular formula is C13H18ClFN2O. The zero-order valence-electron chi connectivity index (χ0n) is 10.8. The number of hydrogen-bond donors (Lipinski definition) is 2. The lowest BCUT2D eigenvalue weighted by Crippen LogP contribution is -2.45. The van der Waals surface area contributed by atoms with Gasteiger partial charge in [0.15, 0.2) is 0 Å². The van der Waals surface area contributed by atoms with E-state index >= 15 is 0 Å². The van der Waals surface area contributed by atoms with E-state index < -0.39 is 5.82 Å². The van der Waals surface area contributed by atoms with Crippen molar-refractivity contribution in [2.24, 2.45) is 0 Å². The maximum atomic E-state index is 13.1. The molecule has 1 aromatic carbocycles. The van der Waals surface area contributed by atoms with Crippen LogP contribution in [0.4, 0.5) is 10.1 Å². The minimum atomic E-state index is -0.431. The lowest BCUT2D eigenvalue weighted by molar-refractivity contribution is -0.121. The van der Waals surface area contributed by atoms with Crippen molar-refractivity contribution in [3.63, 3.8) is 0 Å². The molecule has 0 radical (unpaired) electrons. The molecule has 3 nitrogen and oxygen atoms in total. The van der Waals surface area contributed by atoms with Gasteiger partial charge in [-0.3, -0.25) is 4.79 Å². The molecule has 0 unspecified atom stereocenters. The van der Waals surface area contributed by atoms with Gasteiger partial charge in [-0.15, -0.1) is 0 Å². The number of benzene rings is 1. The van der Waals surface area contributed by atoms with E-state index in [0.29, 0.717) is 10.7 Å². The highest BCUT2D eigenvalue weighted by atomic mass is 35.5. The van der Waals surface area contributed by atoms with Gasteiger partial charge in [0.2, 0.25) is 5.91 Å². The Labute approximate surface area is 112 Å². The number of hydrogen-bond acceptors (Lipinski definition) is 2. The molecule has 0 heterocycles. The Balaban J connectivity index is 2.52. The van der Waals surface area contributed by atoms with Crippen LogP contribution in [0.2, 0.25) is 5.02 Å². The molecule has 0 bridgehead atoms. The van der Waals surface area contributed by atoms with Crippen LogP contribution in [0.15, 0.2) is 18.2 Å². The summed E-state index contributed by atoms with van der Waals surface area (Å²) in [6.45, 7) is 5.98. The summed E-state index contributed by atoms with van der Waals surface area (Å²) < 4.78 is 13.1. The van der Waals surface area contributed by atoms with Crippen LogP contribution in [0.1, 0.15) is 27.2 Å². The van der Waals surface area contributed by atoms with Crippen LogP contribution in [-0.2, 0) is 4.79 Å². The second kappa shape index (κ2) is 6.05. The van der Waals surface area contributed by atoms with Gasteiger partial charge < -0.3 is 10.6 Å². The average Bonchev–Trinajstić information content (AvgIpc) is 2.24. The second-order valence-electron chi connectivity index (χ2n) is 4.80. The number of nitrogens with one attached hydrogen (secondary N) is 2. The van der Waals surface area contributed by atoms with Crippen molar-refractivity contribution in [3.05, 3.63) is 29.0 Å². The summed E-state index contributed by atoms with van der Waals surface area (Å²) in [6.07, 6.45) is 0.838. The molecule has 1 rings (SSSR count). The van der Waals surface area contributed by atoms with Gasteiger partial charge in [-0.1, -0.05) is 18.5 Å². The Bertz CT molecular complexity index is 415. The van der Waals surface area contributed by atoms with E-state index in [1.165, 1.54) is 12.1 Å². The van der Waals surface area contributed by atoms with Crippen molar-refractivity contribution >= 4 is 23.2 Å². The predicted octanol–water partition coefficient (Wildman–Crippen LogP) is 3.20. The summed E-state index contributed by atoms with van der Waals surface area (Å²) in [7, 11) is 0. The summed E-state index contributed by atoms with van der Waals surface area (Å²) >= 11 is 5.71. The fraction of sp³-hybridized carbons (Fsp3) is 0.462. The van der Waals surface area contributed by atoms with Crippen LogP contribution in [0.25, 0.3) is 0 Å². The van der Waals surface area contributed by atoms with E-state index in [1.807, 2.05) is 20.8 Å². The zero-order chi connectivity index (χ0) is 13.8. The monoisotopic (exact) mass is 272 g/mol. The predicted molar refractivity (Wildman–Crippen MR) is 72.4 cm³/mol. The Morgan fingerprint density at radius 2 is 2.06 bits per heavy atom. The molecule has 0 fully saturated rings. The molecule has 2 N–H and O–H groups in total. The minimum Gasteiger partial charge on any atom is -0.376 e. The maximum absolute atomic E-state index is 13.1. The van der Waals surface area contributed by atoms with E-state index in [0.717, 1.165) is 6.42 Å². The molecule has 0 saturated heterocycles. The van der Waals surface area contributed by atoms with Crippen molar-refractivity contribution in [2.75, 3.05) is 11.9 Å². The van der Waals surface area contributed by atoms with Gasteiger partial charge in [-0.25, -0.2) is 4.39 Å². The SMILES string of the molecule is CCC(C)(C)NC(=O)CNc1cc(F)cc(Cl)c1. The molecule has 0 aliphatic rings. The third-order valence-electron chi connectivity index (χ3n) is 2.68. The quantitative estimate of drug-likeness (QED) is 0.864. The van der Waals surface area contributed by atoms with Gasteiger partial charge in [0.25, 0.3) is 0 Å². The van der Waals surface area contributed by atoms with Crippen LogP contribution in [0.5, 0.6) is 0 Å². The molecule has 0 aliphatic heterocycles. The van der Waals surface area contributed by atoms with Gasteiger partial charge in [-0.2, -0.15) is 0 Å². The first-order chi connectivity index (χ1) is 8.32. The molecular weight excluding hydrogens is 255 g/mol. The Kier molecular flexibility index (Phi) is 4.96. The highest BCUT2D eigenvalue weighted by Gasteiger charge is 2.17. The first kappa shape index (κ1) is 14.8. The third kappa shape index (κ3) is 4.92. The maximum Gasteiger partial charge on any atom is 0.239 e. The van der Waals surface area contributed by atoms with Gasteiger partial charge in [0, 0.05) is 16.2 Å². The topological polar surface area (TPSA) is 41.1 Å². The van der Waals surface area contributed by atoms with Crippen molar-refractivity contribution in [1.82, 2.24) is 5.32 Å². The Morgan fingerprint density at radius 1 is 1.39 bits per heavy atom. The molecule has 1 amide bonds. The summed E-state index contributed by atoms with van der Waals surface area (Å²) in [5.41, 5.74) is 0.252. The van der Waals surface area contributed by atoms with Gasteiger partial charge in [-0.05, 0) is 38.5 Å². The van der Waals surface area contributed by atoms with E-state index in [9.17, 15) is 9.18 Å². The highest BCUT2D eigenvalue weighted by molar-refractivity contribution is 6.30. The van der Waals surface area contributed by atoms with Crippen molar-refractivity contribution in [1.29, 1.82) is 0 Å². The Hall–Kier alpha value is -1.29. The third-order valence-corrected chi connectivity index (χ3v) is 2.90. The lowest BCUT2D eigenvalue weighted by Gasteiger charge is -2.24. The molecule has 0 saturated carbocycles. The fourth-order valence-corrected chi connectivity index (χ4v) is 1.57. The molecule has 5 heteroatoms. The number of rotatable bonds is 5. The smallest absolute Gasteiger partial charge is 0.239 e. The zero-order valence-corrected chi connectivity index (χ0v) is 11.6. The van der Waals surface area contributed by atoms with E-state index in [4.69, 9.17) is 11.6 Å². The number of halogens is 2. The molecule has 1 aromatic rings. The largest absolute Gasteiger partial charge is 0.376 e. The van der Waals surface area contributed by atoms with Gasteiger partial charge in [0.1, 0.15) is 5.82 Å². The minimum absolute atomic E-state index is 0.0865. The summed E-state index contributed by atoms with van der Waals surface area (Å²) in [4.78, 5) is 11.7.